The topological polar surface area (TPSA) is 75.7 Å². The average Bonchev–Trinajstić information content (AvgIpc) is 2.61. The van der Waals surface area contributed by atoms with Crippen molar-refractivity contribution in [2.45, 2.75) is 24.7 Å². The van der Waals surface area contributed by atoms with Crippen molar-refractivity contribution in [3.8, 4) is 5.75 Å². The molecule has 0 saturated carbocycles. The van der Waals surface area contributed by atoms with Gasteiger partial charge in [-0.2, -0.15) is 4.31 Å². The zero-order valence-corrected chi connectivity index (χ0v) is 16.2. The molecule has 26 heavy (non-hydrogen) atoms. The van der Waals surface area contributed by atoms with Crippen LogP contribution in [0.15, 0.2) is 53.4 Å². The molecule has 0 aliphatic rings. The number of hydrogen-bond donors (Lipinski definition) is 1. The highest BCUT2D eigenvalue weighted by atomic mass is 32.2. The second-order valence-electron chi connectivity index (χ2n) is 6.26. The Morgan fingerprint density at radius 3 is 2.38 bits per heavy atom. The van der Waals surface area contributed by atoms with Crippen LogP contribution in [-0.4, -0.2) is 39.3 Å². The standard InChI is InChI=1S/C19H24N2O4S/c1-14(2)15-8-10-18(11-9-15)26(23,24)21(3)13-19(22)20-16-6-5-7-17(12-16)25-4/h5-12,14H,13H2,1-4H3,(H,20,22). The molecule has 0 heterocycles. The third kappa shape index (κ3) is 4.83. The Morgan fingerprint density at radius 1 is 1.15 bits per heavy atom. The van der Waals surface area contributed by atoms with Crippen molar-refractivity contribution in [2.24, 2.45) is 0 Å². The third-order valence-electron chi connectivity index (χ3n) is 3.97. The number of nitrogens with one attached hydrogen (secondary N) is 1. The van der Waals surface area contributed by atoms with Crippen LogP contribution in [0.5, 0.6) is 5.75 Å². The molecule has 140 valence electrons. The molecule has 1 N–H and O–H groups in total. The van der Waals surface area contributed by atoms with E-state index >= 15 is 0 Å². The first-order valence-corrected chi connectivity index (χ1v) is 9.68. The summed E-state index contributed by atoms with van der Waals surface area (Å²) in [5.74, 6) is 0.496. The largest absolute Gasteiger partial charge is 0.497 e. The third-order valence-corrected chi connectivity index (χ3v) is 5.79. The van der Waals surface area contributed by atoms with Crippen LogP contribution in [0.25, 0.3) is 0 Å². The van der Waals surface area contributed by atoms with Gasteiger partial charge in [-0.25, -0.2) is 8.42 Å². The number of hydrogen-bond acceptors (Lipinski definition) is 4. The van der Waals surface area contributed by atoms with Crippen LogP contribution in [0.2, 0.25) is 0 Å². The van der Waals surface area contributed by atoms with Gasteiger partial charge in [0.25, 0.3) is 0 Å². The van der Waals surface area contributed by atoms with Gasteiger partial charge in [0.15, 0.2) is 0 Å². The second-order valence-corrected chi connectivity index (χ2v) is 8.31. The van der Waals surface area contributed by atoms with E-state index in [4.69, 9.17) is 4.74 Å². The molecule has 0 atom stereocenters. The highest BCUT2D eigenvalue weighted by Gasteiger charge is 2.23. The van der Waals surface area contributed by atoms with Crippen LogP contribution in [0.3, 0.4) is 0 Å². The van der Waals surface area contributed by atoms with Gasteiger partial charge in [0.1, 0.15) is 5.75 Å². The van der Waals surface area contributed by atoms with Crippen molar-refractivity contribution < 1.29 is 17.9 Å². The number of anilines is 1. The van der Waals surface area contributed by atoms with E-state index in [1.165, 1.54) is 14.2 Å². The van der Waals surface area contributed by atoms with Crippen LogP contribution in [0, 0.1) is 0 Å². The van der Waals surface area contributed by atoms with E-state index in [-0.39, 0.29) is 11.4 Å². The van der Waals surface area contributed by atoms with Crippen LogP contribution in [0.4, 0.5) is 5.69 Å². The number of amides is 1. The van der Waals surface area contributed by atoms with Gasteiger partial charge in [0, 0.05) is 18.8 Å². The van der Waals surface area contributed by atoms with Crippen molar-refractivity contribution in [1.82, 2.24) is 4.31 Å². The van der Waals surface area contributed by atoms with E-state index in [1.807, 2.05) is 13.8 Å². The molecule has 1 amide bonds. The summed E-state index contributed by atoms with van der Waals surface area (Å²) >= 11 is 0. The summed E-state index contributed by atoms with van der Waals surface area (Å²) in [6.07, 6.45) is 0. The Morgan fingerprint density at radius 2 is 1.81 bits per heavy atom. The van der Waals surface area contributed by atoms with Gasteiger partial charge in [0.2, 0.25) is 15.9 Å². The number of rotatable bonds is 7. The van der Waals surface area contributed by atoms with Gasteiger partial charge in [-0.3, -0.25) is 4.79 Å². The van der Waals surface area contributed by atoms with Crippen molar-refractivity contribution in [2.75, 3.05) is 26.0 Å². The summed E-state index contributed by atoms with van der Waals surface area (Å²) in [5.41, 5.74) is 1.60. The summed E-state index contributed by atoms with van der Waals surface area (Å²) in [4.78, 5) is 12.4. The summed E-state index contributed by atoms with van der Waals surface area (Å²) in [5, 5.41) is 2.67. The molecule has 2 aromatic rings. The van der Waals surface area contributed by atoms with Crippen LogP contribution < -0.4 is 10.1 Å². The lowest BCUT2D eigenvalue weighted by atomic mass is 10.0. The number of benzene rings is 2. The van der Waals surface area contributed by atoms with E-state index in [1.54, 1.807) is 48.5 Å². The Labute approximate surface area is 154 Å². The molecular weight excluding hydrogens is 352 g/mol. The number of methoxy groups -OCH3 is 1. The minimum atomic E-state index is -3.73. The molecule has 0 unspecified atom stereocenters. The van der Waals surface area contributed by atoms with Gasteiger partial charge in [-0.15, -0.1) is 0 Å². The molecule has 0 aliphatic heterocycles. The lowest BCUT2D eigenvalue weighted by Gasteiger charge is -2.17. The number of ether oxygens (including phenoxy) is 1. The molecule has 0 spiro atoms. The summed E-state index contributed by atoms with van der Waals surface area (Å²) in [6, 6.07) is 13.6. The zero-order valence-electron chi connectivity index (χ0n) is 15.4. The first-order valence-electron chi connectivity index (χ1n) is 8.24. The summed E-state index contributed by atoms with van der Waals surface area (Å²) in [7, 11) is -0.814. The molecule has 2 aromatic carbocycles. The first kappa shape index (κ1) is 19.9. The van der Waals surface area contributed by atoms with Crippen LogP contribution >= 0.6 is 0 Å². The van der Waals surface area contributed by atoms with Gasteiger partial charge in [-0.05, 0) is 35.7 Å². The van der Waals surface area contributed by atoms with Crippen LogP contribution in [-0.2, 0) is 14.8 Å². The van der Waals surface area contributed by atoms with Crippen molar-refractivity contribution in [1.29, 1.82) is 0 Å². The summed E-state index contributed by atoms with van der Waals surface area (Å²) < 4.78 is 31.4. The molecule has 0 bridgehead atoms. The Bertz CT molecular complexity index is 861. The maximum Gasteiger partial charge on any atom is 0.243 e. The average molecular weight is 376 g/mol. The quantitative estimate of drug-likeness (QED) is 0.806. The number of carbonyl (C=O) groups excluding carboxylic acids is 1. The molecule has 6 nitrogen and oxygen atoms in total. The van der Waals surface area contributed by atoms with Gasteiger partial charge in [0.05, 0.1) is 18.6 Å². The van der Waals surface area contributed by atoms with Gasteiger partial charge >= 0.3 is 0 Å². The molecule has 2 rings (SSSR count). The Balaban J connectivity index is 2.06. The number of likely N-dealkylation sites (N-methyl/N-ethyl adjacent to an activating group) is 1. The lowest BCUT2D eigenvalue weighted by molar-refractivity contribution is -0.116. The Kier molecular flexibility index (Phi) is 6.39. The van der Waals surface area contributed by atoms with E-state index < -0.39 is 15.9 Å². The van der Waals surface area contributed by atoms with Gasteiger partial charge in [-0.1, -0.05) is 32.0 Å². The monoisotopic (exact) mass is 376 g/mol. The second kappa shape index (κ2) is 8.33. The van der Waals surface area contributed by atoms with E-state index in [0.29, 0.717) is 17.4 Å². The minimum absolute atomic E-state index is 0.165. The number of sulfonamides is 1. The van der Waals surface area contributed by atoms with E-state index in [0.717, 1.165) is 9.87 Å². The normalized spacial score (nSPS) is 11.6. The molecule has 0 radical (unpaired) electrons. The SMILES string of the molecule is COc1cccc(NC(=O)CN(C)S(=O)(=O)c2ccc(C(C)C)cc2)c1. The number of nitrogens with zero attached hydrogens (tertiary/aromatic N) is 1. The molecule has 0 aliphatic carbocycles. The molecule has 0 fully saturated rings. The predicted octanol–water partition coefficient (Wildman–Crippen LogP) is 3.08. The highest BCUT2D eigenvalue weighted by molar-refractivity contribution is 7.89. The smallest absolute Gasteiger partial charge is 0.243 e. The molecule has 7 heteroatoms. The summed E-state index contributed by atoms with van der Waals surface area (Å²) in [6.45, 7) is 3.79. The van der Waals surface area contributed by atoms with E-state index in [9.17, 15) is 13.2 Å². The van der Waals surface area contributed by atoms with Gasteiger partial charge < -0.3 is 10.1 Å². The molecule has 0 saturated heterocycles. The van der Waals surface area contributed by atoms with Crippen LogP contribution in [0.1, 0.15) is 25.3 Å². The first-order chi connectivity index (χ1) is 12.2. The highest BCUT2D eigenvalue weighted by Crippen LogP contribution is 2.20. The minimum Gasteiger partial charge on any atom is -0.497 e. The number of carbonyl (C=O) groups is 1. The molecular formula is C19H24N2O4S. The fraction of sp³-hybridized carbons (Fsp3) is 0.316. The lowest BCUT2D eigenvalue weighted by Crippen LogP contribution is -2.34. The maximum absolute atomic E-state index is 12.6. The Hall–Kier alpha value is -2.38. The molecule has 0 aromatic heterocycles. The van der Waals surface area contributed by atoms with Crippen molar-refractivity contribution >= 4 is 21.6 Å². The fourth-order valence-corrected chi connectivity index (χ4v) is 3.52. The van der Waals surface area contributed by atoms with E-state index in [2.05, 4.69) is 5.32 Å². The zero-order chi connectivity index (χ0) is 19.3. The maximum atomic E-state index is 12.6. The predicted molar refractivity (Wildman–Crippen MR) is 102 cm³/mol. The fourth-order valence-electron chi connectivity index (χ4n) is 2.39. The van der Waals surface area contributed by atoms with Crippen molar-refractivity contribution in [3.05, 3.63) is 54.1 Å². The van der Waals surface area contributed by atoms with Crippen molar-refractivity contribution in [3.63, 3.8) is 0 Å².